The van der Waals surface area contributed by atoms with E-state index in [-0.39, 0.29) is 12.3 Å². The molecule has 0 bridgehead atoms. The molecular weight excluding hydrogens is 197 g/mol. The van der Waals surface area contributed by atoms with E-state index in [9.17, 15) is 4.39 Å². The number of rotatable bonds is 4. The van der Waals surface area contributed by atoms with E-state index < -0.39 is 5.82 Å². The van der Waals surface area contributed by atoms with Crippen molar-refractivity contribution in [3.63, 3.8) is 0 Å². The second-order valence-corrected chi connectivity index (χ2v) is 2.89. The Balaban J connectivity index is 3.16. The van der Waals surface area contributed by atoms with Gasteiger partial charge in [0.1, 0.15) is 5.75 Å². The van der Waals surface area contributed by atoms with E-state index in [0.29, 0.717) is 17.7 Å². The van der Waals surface area contributed by atoms with Gasteiger partial charge in [-0.15, -0.1) is 0 Å². The Morgan fingerprint density at radius 1 is 1.33 bits per heavy atom. The topological polar surface area (TPSA) is 22.8 Å². The van der Waals surface area contributed by atoms with Gasteiger partial charge >= 0.3 is 0 Å². The van der Waals surface area contributed by atoms with Crippen LogP contribution in [0.25, 0.3) is 4.85 Å². The Morgan fingerprint density at radius 3 is 2.60 bits per heavy atom. The van der Waals surface area contributed by atoms with Crippen LogP contribution in [0, 0.1) is 12.4 Å². The van der Waals surface area contributed by atoms with Gasteiger partial charge in [-0.05, 0) is 12.1 Å². The highest BCUT2D eigenvalue weighted by Gasteiger charge is 2.15. The Morgan fingerprint density at radius 2 is 2.07 bits per heavy atom. The maximum Gasteiger partial charge on any atom is 0.218 e. The molecule has 0 aliphatic carbocycles. The Hall–Kier alpha value is -1.76. The van der Waals surface area contributed by atoms with Crippen LogP contribution >= 0.6 is 0 Å². The second-order valence-electron chi connectivity index (χ2n) is 2.89. The maximum absolute atomic E-state index is 13.3. The Bertz CT molecular complexity index is 385. The summed E-state index contributed by atoms with van der Waals surface area (Å²) in [7, 11) is 2.91. The summed E-state index contributed by atoms with van der Waals surface area (Å²) in [6.45, 7) is 7.00. The van der Waals surface area contributed by atoms with Gasteiger partial charge in [-0.2, -0.15) is 0 Å². The fourth-order valence-corrected chi connectivity index (χ4v) is 1.40. The average molecular weight is 209 g/mol. The molecule has 3 nitrogen and oxygen atoms in total. The van der Waals surface area contributed by atoms with E-state index in [2.05, 4.69) is 4.85 Å². The first-order valence-electron chi connectivity index (χ1n) is 4.47. The zero-order valence-electron chi connectivity index (χ0n) is 8.71. The molecule has 1 aromatic carbocycles. The first kappa shape index (κ1) is 11.3. The molecule has 0 radical (unpaired) electrons. The summed E-state index contributed by atoms with van der Waals surface area (Å²) in [6.07, 6.45) is 0.424. The van der Waals surface area contributed by atoms with Crippen molar-refractivity contribution in [3.8, 4) is 11.5 Å². The van der Waals surface area contributed by atoms with Crippen LogP contribution in [-0.4, -0.2) is 20.8 Å². The number of ether oxygens (including phenoxy) is 2. The fourth-order valence-electron chi connectivity index (χ4n) is 1.40. The highest BCUT2D eigenvalue weighted by Crippen LogP contribution is 2.31. The van der Waals surface area contributed by atoms with Gasteiger partial charge in [0.25, 0.3) is 0 Å². The largest absolute Gasteiger partial charge is 0.496 e. The van der Waals surface area contributed by atoms with Gasteiger partial charge in [0.15, 0.2) is 11.6 Å². The zero-order valence-corrected chi connectivity index (χ0v) is 8.71. The van der Waals surface area contributed by atoms with Crippen LogP contribution in [-0.2, 0) is 6.42 Å². The van der Waals surface area contributed by atoms with Crippen LogP contribution in [0.3, 0.4) is 0 Å². The number of hydrogen-bond acceptors (Lipinski definition) is 2. The van der Waals surface area contributed by atoms with Gasteiger partial charge in [0.05, 0.1) is 20.6 Å². The summed E-state index contributed by atoms with van der Waals surface area (Å²) < 4.78 is 23.4. The molecule has 0 spiro atoms. The summed E-state index contributed by atoms with van der Waals surface area (Å²) in [4.78, 5) is 3.23. The summed E-state index contributed by atoms with van der Waals surface area (Å²) in [5.41, 5.74) is 0.607. The molecule has 0 amide bonds. The van der Waals surface area contributed by atoms with E-state index >= 15 is 0 Å². The third kappa shape index (κ3) is 2.38. The highest BCUT2D eigenvalue weighted by molar-refractivity contribution is 5.46. The molecule has 0 fully saturated rings. The molecule has 1 aromatic rings. The smallest absolute Gasteiger partial charge is 0.218 e. The number of halogens is 1. The Kier molecular flexibility index (Phi) is 3.92. The fraction of sp³-hybridized carbons (Fsp3) is 0.364. The van der Waals surface area contributed by atoms with E-state index in [0.717, 1.165) is 0 Å². The van der Waals surface area contributed by atoms with E-state index in [1.165, 1.54) is 26.4 Å². The second kappa shape index (κ2) is 5.20. The van der Waals surface area contributed by atoms with E-state index in [4.69, 9.17) is 16.0 Å². The first-order chi connectivity index (χ1) is 7.24. The van der Waals surface area contributed by atoms with Crippen molar-refractivity contribution in [1.82, 2.24) is 0 Å². The molecular formula is C11H12FNO2. The van der Waals surface area contributed by atoms with Gasteiger partial charge in [-0.3, -0.25) is 0 Å². The number of benzene rings is 1. The molecule has 15 heavy (non-hydrogen) atoms. The molecule has 0 aliphatic rings. The molecule has 0 unspecified atom stereocenters. The van der Waals surface area contributed by atoms with Crippen molar-refractivity contribution in [2.24, 2.45) is 0 Å². The lowest BCUT2D eigenvalue weighted by Gasteiger charge is -2.11. The molecule has 1 rings (SSSR count). The van der Waals surface area contributed by atoms with Crippen molar-refractivity contribution in [2.75, 3.05) is 20.8 Å². The third-order valence-corrected chi connectivity index (χ3v) is 2.07. The van der Waals surface area contributed by atoms with Gasteiger partial charge in [-0.1, -0.05) is 0 Å². The van der Waals surface area contributed by atoms with Crippen LogP contribution in [0.1, 0.15) is 5.56 Å². The van der Waals surface area contributed by atoms with Gasteiger partial charge < -0.3 is 14.3 Å². The van der Waals surface area contributed by atoms with Crippen LogP contribution in [0.2, 0.25) is 0 Å². The molecule has 0 aromatic heterocycles. The third-order valence-electron chi connectivity index (χ3n) is 2.07. The van der Waals surface area contributed by atoms with Crippen LogP contribution in [0.5, 0.6) is 11.5 Å². The zero-order chi connectivity index (χ0) is 11.3. The normalized spacial score (nSPS) is 9.47. The lowest BCUT2D eigenvalue weighted by molar-refractivity contribution is 0.366. The lowest BCUT2D eigenvalue weighted by Crippen LogP contribution is -2.00. The Labute approximate surface area is 88.3 Å². The van der Waals surface area contributed by atoms with Crippen molar-refractivity contribution in [3.05, 3.63) is 34.9 Å². The molecule has 4 heteroatoms. The molecule has 0 saturated heterocycles. The maximum atomic E-state index is 13.3. The predicted octanol–water partition coefficient (Wildman–Crippen LogP) is 2.30. The van der Waals surface area contributed by atoms with Crippen molar-refractivity contribution in [1.29, 1.82) is 0 Å². The van der Waals surface area contributed by atoms with Crippen molar-refractivity contribution < 1.29 is 13.9 Å². The van der Waals surface area contributed by atoms with Crippen molar-refractivity contribution >= 4 is 0 Å². The van der Waals surface area contributed by atoms with Gasteiger partial charge in [0, 0.05) is 5.56 Å². The highest BCUT2D eigenvalue weighted by atomic mass is 19.1. The molecule has 0 saturated carbocycles. The minimum absolute atomic E-state index is 0.165. The summed E-state index contributed by atoms with van der Waals surface area (Å²) in [6, 6.07) is 2.83. The summed E-state index contributed by atoms with van der Waals surface area (Å²) >= 11 is 0. The number of nitrogens with zero attached hydrogens (tertiary/aromatic N) is 1. The van der Waals surface area contributed by atoms with Crippen LogP contribution in [0.15, 0.2) is 12.1 Å². The SMILES string of the molecule is [C-]#[N+]CCc1c(OC)ccc(F)c1OC. The standard InChI is InChI=1S/C11H12FNO2/c1-13-7-6-8-10(14-2)5-4-9(12)11(8)15-3/h4-5H,6-7H2,2-3H3. The van der Waals surface area contributed by atoms with Crippen LogP contribution in [0.4, 0.5) is 4.39 Å². The molecule has 0 atom stereocenters. The summed E-state index contributed by atoms with van der Waals surface area (Å²) in [5.74, 6) is 0.285. The molecule has 80 valence electrons. The average Bonchev–Trinajstić information content (AvgIpc) is 2.26. The quantitative estimate of drug-likeness (QED) is 0.710. The van der Waals surface area contributed by atoms with E-state index in [1.54, 1.807) is 0 Å². The minimum Gasteiger partial charge on any atom is -0.496 e. The minimum atomic E-state index is -0.432. The van der Waals surface area contributed by atoms with Gasteiger partial charge in [0.2, 0.25) is 6.54 Å². The predicted molar refractivity (Wildman–Crippen MR) is 54.7 cm³/mol. The van der Waals surface area contributed by atoms with Gasteiger partial charge in [-0.25, -0.2) is 11.0 Å². The molecule has 0 aliphatic heterocycles. The summed E-state index contributed by atoms with van der Waals surface area (Å²) in [5, 5.41) is 0. The number of methoxy groups -OCH3 is 2. The number of hydrogen-bond donors (Lipinski definition) is 0. The molecule has 0 N–H and O–H groups in total. The van der Waals surface area contributed by atoms with E-state index in [1.807, 2.05) is 0 Å². The van der Waals surface area contributed by atoms with Crippen molar-refractivity contribution in [2.45, 2.75) is 6.42 Å². The first-order valence-corrected chi connectivity index (χ1v) is 4.47. The monoisotopic (exact) mass is 209 g/mol. The van der Waals surface area contributed by atoms with Crippen LogP contribution < -0.4 is 9.47 Å². The molecule has 0 heterocycles. The lowest BCUT2D eigenvalue weighted by atomic mass is 10.1.